The van der Waals surface area contributed by atoms with Crippen LogP contribution in [0.3, 0.4) is 0 Å². The van der Waals surface area contributed by atoms with Crippen molar-refractivity contribution in [3.8, 4) is 17.1 Å². The Bertz CT molecular complexity index is 1270. The number of likely N-dealkylation sites (N-methyl/N-ethyl adjacent to an activating group) is 1. The van der Waals surface area contributed by atoms with Crippen molar-refractivity contribution >= 4 is 11.6 Å². The van der Waals surface area contributed by atoms with Crippen molar-refractivity contribution < 1.29 is 14.1 Å². The zero-order valence-corrected chi connectivity index (χ0v) is 19.0. The van der Waals surface area contributed by atoms with Gasteiger partial charge in [-0.05, 0) is 37.9 Å². The Morgan fingerprint density at radius 3 is 2.50 bits per heavy atom. The first-order chi connectivity index (χ1) is 16.4. The van der Waals surface area contributed by atoms with Crippen LogP contribution in [0.2, 0.25) is 0 Å². The maximum absolute atomic E-state index is 13.8. The first-order valence-corrected chi connectivity index (χ1v) is 10.8. The standard InChI is InChI=1S/C25H25N5O4/c1-27(2)13-14-28(18-19-8-4-3-5-9-19)25(31)23-17-22(24-12-7-15-34-24)26-29(23)20-10-6-11-21(16-20)30(32)33/h3-12,15-17H,13-14,18H2,1-2H3. The van der Waals surface area contributed by atoms with Gasteiger partial charge in [-0.2, -0.15) is 5.10 Å². The van der Waals surface area contributed by atoms with Gasteiger partial charge in [-0.25, -0.2) is 4.68 Å². The van der Waals surface area contributed by atoms with Crippen LogP contribution in [0.15, 0.2) is 83.5 Å². The summed E-state index contributed by atoms with van der Waals surface area (Å²) < 4.78 is 6.93. The van der Waals surface area contributed by atoms with Gasteiger partial charge in [0.1, 0.15) is 11.4 Å². The molecule has 174 valence electrons. The van der Waals surface area contributed by atoms with Crippen LogP contribution < -0.4 is 0 Å². The minimum Gasteiger partial charge on any atom is -0.463 e. The van der Waals surface area contributed by atoms with E-state index in [4.69, 9.17) is 4.42 Å². The van der Waals surface area contributed by atoms with Gasteiger partial charge < -0.3 is 14.2 Å². The van der Waals surface area contributed by atoms with Crippen LogP contribution in [0.5, 0.6) is 0 Å². The van der Waals surface area contributed by atoms with Crippen LogP contribution >= 0.6 is 0 Å². The van der Waals surface area contributed by atoms with Gasteiger partial charge in [0.2, 0.25) is 0 Å². The van der Waals surface area contributed by atoms with Crippen molar-refractivity contribution in [2.75, 3.05) is 27.2 Å². The number of nitro groups is 1. The fourth-order valence-electron chi connectivity index (χ4n) is 3.55. The monoisotopic (exact) mass is 459 g/mol. The van der Waals surface area contributed by atoms with E-state index in [0.29, 0.717) is 42.5 Å². The summed E-state index contributed by atoms with van der Waals surface area (Å²) in [6, 6.07) is 21.0. The number of hydrogen-bond acceptors (Lipinski definition) is 6. The molecule has 0 atom stereocenters. The maximum Gasteiger partial charge on any atom is 0.272 e. The van der Waals surface area contributed by atoms with Gasteiger partial charge in [0.25, 0.3) is 11.6 Å². The molecule has 0 fully saturated rings. The first kappa shape index (κ1) is 22.9. The Morgan fingerprint density at radius 1 is 1.03 bits per heavy atom. The van der Waals surface area contributed by atoms with Crippen molar-refractivity contribution in [1.82, 2.24) is 19.6 Å². The summed E-state index contributed by atoms with van der Waals surface area (Å²) in [5, 5.41) is 15.9. The summed E-state index contributed by atoms with van der Waals surface area (Å²) in [5.74, 6) is 0.267. The van der Waals surface area contributed by atoms with Crippen molar-refractivity contribution in [2.45, 2.75) is 6.54 Å². The third kappa shape index (κ3) is 5.21. The molecule has 9 heteroatoms. The molecule has 1 amide bonds. The van der Waals surface area contributed by atoms with Crippen LogP contribution in [0.1, 0.15) is 16.1 Å². The molecule has 0 unspecified atom stereocenters. The fourth-order valence-corrected chi connectivity index (χ4v) is 3.55. The lowest BCUT2D eigenvalue weighted by Gasteiger charge is -2.25. The van der Waals surface area contributed by atoms with Crippen LogP contribution in [-0.2, 0) is 6.54 Å². The average molecular weight is 460 g/mol. The molecule has 4 rings (SSSR count). The molecule has 2 heterocycles. The SMILES string of the molecule is CN(C)CCN(Cc1ccccc1)C(=O)c1cc(-c2ccco2)nn1-c1cccc([N+](=O)[O-])c1. The first-order valence-electron chi connectivity index (χ1n) is 10.8. The minimum absolute atomic E-state index is 0.0836. The van der Waals surface area contributed by atoms with Crippen LogP contribution in [0.4, 0.5) is 5.69 Å². The molecule has 2 aromatic heterocycles. The van der Waals surface area contributed by atoms with Crippen molar-refractivity contribution in [3.05, 3.63) is 100 Å². The van der Waals surface area contributed by atoms with E-state index in [2.05, 4.69) is 5.10 Å². The Kier molecular flexibility index (Phi) is 6.84. The highest BCUT2D eigenvalue weighted by molar-refractivity contribution is 5.94. The number of nitro benzene ring substituents is 1. The van der Waals surface area contributed by atoms with Gasteiger partial charge in [-0.1, -0.05) is 36.4 Å². The second-order valence-electron chi connectivity index (χ2n) is 8.10. The lowest BCUT2D eigenvalue weighted by Crippen LogP contribution is -2.37. The number of non-ortho nitro benzene ring substituents is 1. The summed E-state index contributed by atoms with van der Waals surface area (Å²) in [7, 11) is 3.90. The molecule has 4 aromatic rings. The molecule has 0 saturated carbocycles. The van der Waals surface area contributed by atoms with Crippen LogP contribution in [0, 0.1) is 10.1 Å². The van der Waals surface area contributed by atoms with Crippen LogP contribution in [-0.4, -0.2) is 57.6 Å². The molecule has 0 bridgehead atoms. The van der Waals surface area contributed by atoms with Gasteiger partial charge in [0, 0.05) is 37.8 Å². The molecule has 34 heavy (non-hydrogen) atoms. The predicted molar refractivity (Wildman–Crippen MR) is 128 cm³/mol. The van der Waals surface area contributed by atoms with Crippen molar-refractivity contribution in [2.24, 2.45) is 0 Å². The van der Waals surface area contributed by atoms with Gasteiger partial charge in [0.05, 0.1) is 16.9 Å². The lowest BCUT2D eigenvalue weighted by atomic mass is 10.2. The molecule has 0 radical (unpaired) electrons. The number of hydrogen-bond donors (Lipinski definition) is 0. The van der Waals surface area contributed by atoms with E-state index in [-0.39, 0.29) is 11.6 Å². The zero-order valence-electron chi connectivity index (χ0n) is 19.0. The van der Waals surface area contributed by atoms with Crippen molar-refractivity contribution in [3.63, 3.8) is 0 Å². The maximum atomic E-state index is 13.8. The number of rotatable bonds is 9. The van der Waals surface area contributed by atoms with E-state index in [9.17, 15) is 14.9 Å². The van der Waals surface area contributed by atoms with Crippen LogP contribution in [0.25, 0.3) is 17.1 Å². The highest BCUT2D eigenvalue weighted by Crippen LogP contribution is 2.25. The number of furan rings is 1. The quantitative estimate of drug-likeness (QED) is 0.274. The summed E-state index contributed by atoms with van der Waals surface area (Å²) in [6.45, 7) is 1.59. The Hall–Kier alpha value is -4.24. The third-order valence-corrected chi connectivity index (χ3v) is 5.31. The molecule has 0 N–H and O–H groups in total. The number of aromatic nitrogens is 2. The fraction of sp³-hybridized carbons (Fsp3) is 0.200. The van der Waals surface area contributed by atoms with E-state index in [1.54, 1.807) is 35.2 Å². The van der Waals surface area contributed by atoms with Crippen molar-refractivity contribution in [1.29, 1.82) is 0 Å². The Labute approximate surface area is 197 Å². The molecule has 0 saturated heterocycles. The van der Waals surface area contributed by atoms with E-state index in [0.717, 1.165) is 5.56 Å². The second kappa shape index (κ2) is 10.1. The molecule has 0 aliphatic heterocycles. The predicted octanol–water partition coefficient (Wildman–Crippen LogP) is 4.24. The number of nitrogens with zero attached hydrogens (tertiary/aromatic N) is 5. The third-order valence-electron chi connectivity index (χ3n) is 5.31. The minimum atomic E-state index is -0.472. The topological polar surface area (TPSA) is 97.7 Å². The van der Waals surface area contributed by atoms with Gasteiger partial charge in [-0.3, -0.25) is 14.9 Å². The van der Waals surface area contributed by atoms with Gasteiger partial charge in [0.15, 0.2) is 5.76 Å². The second-order valence-corrected chi connectivity index (χ2v) is 8.10. The van der Waals surface area contributed by atoms with E-state index in [1.165, 1.54) is 23.1 Å². The highest BCUT2D eigenvalue weighted by atomic mass is 16.6. The lowest BCUT2D eigenvalue weighted by molar-refractivity contribution is -0.384. The van der Waals surface area contributed by atoms with Gasteiger partial charge in [-0.15, -0.1) is 0 Å². The van der Waals surface area contributed by atoms with E-state index < -0.39 is 4.92 Å². The summed E-state index contributed by atoms with van der Waals surface area (Å²) in [6.07, 6.45) is 1.53. The average Bonchev–Trinajstić information content (AvgIpc) is 3.52. The van der Waals surface area contributed by atoms with E-state index >= 15 is 0 Å². The molecule has 0 aliphatic carbocycles. The van der Waals surface area contributed by atoms with E-state index in [1.807, 2.05) is 49.3 Å². The number of amides is 1. The normalized spacial score (nSPS) is 11.0. The van der Waals surface area contributed by atoms with Gasteiger partial charge >= 0.3 is 0 Å². The largest absolute Gasteiger partial charge is 0.463 e. The molecule has 2 aromatic carbocycles. The molecule has 0 aliphatic rings. The summed E-state index contributed by atoms with van der Waals surface area (Å²) in [4.78, 5) is 28.5. The molecular formula is C25H25N5O4. The summed E-state index contributed by atoms with van der Waals surface area (Å²) in [5.41, 5.74) is 2.10. The Balaban J connectivity index is 1.77. The summed E-state index contributed by atoms with van der Waals surface area (Å²) >= 11 is 0. The highest BCUT2D eigenvalue weighted by Gasteiger charge is 2.24. The number of carbonyl (C=O) groups excluding carboxylic acids is 1. The molecular weight excluding hydrogens is 434 g/mol. The number of carbonyl (C=O) groups is 1. The number of benzene rings is 2. The molecule has 9 nitrogen and oxygen atoms in total. The smallest absolute Gasteiger partial charge is 0.272 e. The zero-order chi connectivity index (χ0) is 24.1. The molecule has 0 spiro atoms. The Morgan fingerprint density at radius 2 is 1.82 bits per heavy atom.